The van der Waals surface area contributed by atoms with Gasteiger partial charge in [0, 0.05) is 12.0 Å². The Labute approximate surface area is 143 Å². The maximum atomic E-state index is 11.2. The second-order valence-corrected chi connectivity index (χ2v) is 5.90. The van der Waals surface area contributed by atoms with Crippen LogP contribution in [0.25, 0.3) is 0 Å². The summed E-state index contributed by atoms with van der Waals surface area (Å²) in [5, 5.41) is 18.1. The standard InChI is InChI=1S/C20H26O4/c1-2-3-4-5-6-7-8-9-10-11-12-16-13-14-17(19(21)22)15-18(16)20(23)24/h13-15H,2-10H2,1H3,(H,21,22)(H,23,24). The summed E-state index contributed by atoms with van der Waals surface area (Å²) >= 11 is 0. The molecule has 0 saturated carbocycles. The number of rotatable bonds is 10. The van der Waals surface area contributed by atoms with Gasteiger partial charge < -0.3 is 10.2 Å². The molecular weight excluding hydrogens is 304 g/mol. The summed E-state index contributed by atoms with van der Waals surface area (Å²) in [4.78, 5) is 22.1. The number of hydrogen-bond donors (Lipinski definition) is 2. The highest BCUT2D eigenvalue weighted by molar-refractivity contribution is 5.95. The number of unbranched alkanes of at least 4 members (excludes halogenated alkanes) is 8. The van der Waals surface area contributed by atoms with Crippen LogP contribution in [0.2, 0.25) is 0 Å². The highest BCUT2D eigenvalue weighted by Crippen LogP contribution is 2.12. The fraction of sp³-hybridized carbons (Fsp3) is 0.500. The topological polar surface area (TPSA) is 74.6 Å². The van der Waals surface area contributed by atoms with E-state index in [0.29, 0.717) is 5.56 Å². The van der Waals surface area contributed by atoms with Crippen LogP contribution in [0.5, 0.6) is 0 Å². The lowest BCUT2D eigenvalue weighted by Crippen LogP contribution is -2.04. The molecule has 0 spiro atoms. The second kappa shape index (κ2) is 11.3. The van der Waals surface area contributed by atoms with Crippen molar-refractivity contribution in [2.75, 3.05) is 0 Å². The van der Waals surface area contributed by atoms with Gasteiger partial charge in [0.1, 0.15) is 0 Å². The van der Waals surface area contributed by atoms with Crippen LogP contribution >= 0.6 is 0 Å². The number of hydrogen-bond acceptors (Lipinski definition) is 2. The summed E-state index contributed by atoms with van der Waals surface area (Å²) in [6.45, 7) is 2.21. The zero-order chi connectivity index (χ0) is 17.8. The summed E-state index contributed by atoms with van der Waals surface area (Å²) in [6.07, 6.45) is 10.6. The van der Waals surface area contributed by atoms with E-state index >= 15 is 0 Å². The molecule has 1 aromatic carbocycles. The highest BCUT2D eigenvalue weighted by atomic mass is 16.4. The van der Waals surface area contributed by atoms with Gasteiger partial charge in [0.05, 0.1) is 11.1 Å². The van der Waals surface area contributed by atoms with Crippen molar-refractivity contribution in [2.24, 2.45) is 0 Å². The molecule has 2 N–H and O–H groups in total. The van der Waals surface area contributed by atoms with Gasteiger partial charge in [-0.1, -0.05) is 63.7 Å². The third-order valence-corrected chi connectivity index (χ3v) is 3.88. The van der Waals surface area contributed by atoms with Crippen LogP contribution in [-0.2, 0) is 0 Å². The normalized spacial score (nSPS) is 10.0. The second-order valence-electron chi connectivity index (χ2n) is 5.90. The molecule has 0 atom stereocenters. The van der Waals surface area contributed by atoms with Gasteiger partial charge in [0.25, 0.3) is 0 Å². The molecule has 0 aliphatic rings. The minimum absolute atomic E-state index is 0.0407. The van der Waals surface area contributed by atoms with E-state index in [1.165, 1.54) is 50.7 Å². The lowest BCUT2D eigenvalue weighted by atomic mass is 10.0. The Bertz CT molecular complexity index is 608. The van der Waals surface area contributed by atoms with Crippen molar-refractivity contribution in [1.29, 1.82) is 0 Å². The van der Waals surface area contributed by atoms with Crippen LogP contribution in [0.4, 0.5) is 0 Å². The molecule has 24 heavy (non-hydrogen) atoms. The van der Waals surface area contributed by atoms with E-state index in [-0.39, 0.29) is 11.1 Å². The number of aromatic carboxylic acids is 2. The average molecular weight is 330 g/mol. The summed E-state index contributed by atoms with van der Waals surface area (Å²) in [7, 11) is 0. The zero-order valence-electron chi connectivity index (χ0n) is 14.3. The van der Waals surface area contributed by atoms with Crippen LogP contribution in [0.3, 0.4) is 0 Å². The summed E-state index contributed by atoms with van der Waals surface area (Å²) < 4.78 is 0. The summed E-state index contributed by atoms with van der Waals surface area (Å²) in [5.74, 6) is 3.55. The fourth-order valence-electron chi connectivity index (χ4n) is 2.47. The van der Waals surface area contributed by atoms with Crippen molar-refractivity contribution in [3.05, 3.63) is 34.9 Å². The average Bonchev–Trinajstić information content (AvgIpc) is 2.56. The van der Waals surface area contributed by atoms with Crippen LogP contribution in [-0.4, -0.2) is 22.2 Å². The van der Waals surface area contributed by atoms with Gasteiger partial charge in [0.15, 0.2) is 0 Å². The smallest absolute Gasteiger partial charge is 0.336 e. The molecule has 0 amide bonds. The van der Waals surface area contributed by atoms with Crippen LogP contribution in [0.1, 0.15) is 91.0 Å². The summed E-state index contributed by atoms with van der Waals surface area (Å²) in [5.41, 5.74) is 0.270. The van der Waals surface area contributed by atoms with Gasteiger partial charge in [-0.2, -0.15) is 0 Å². The van der Waals surface area contributed by atoms with E-state index in [2.05, 4.69) is 18.8 Å². The van der Waals surface area contributed by atoms with Crippen molar-refractivity contribution in [1.82, 2.24) is 0 Å². The van der Waals surface area contributed by atoms with Gasteiger partial charge in [-0.15, -0.1) is 0 Å². The fourth-order valence-corrected chi connectivity index (χ4v) is 2.47. The van der Waals surface area contributed by atoms with E-state index in [9.17, 15) is 14.7 Å². The molecule has 1 aromatic rings. The number of carboxylic acid groups (broad SMARTS) is 2. The van der Waals surface area contributed by atoms with E-state index in [1.54, 1.807) is 0 Å². The zero-order valence-corrected chi connectivity index (χ0v) is 14.3. The summed E-state index contributed by atoms with van der Waals surface area (Å²) in [6, 6.07) is 4.01. The molecule has 0 radical (unpaired) electrons. The van der Waals surface area contributed by atoms with Crippen molar-refractivity contribution in [3.8, 4) is 11.8 Å². The molecule has 0 aliphatic heterocycles. The number of carboxylic acids is 2. The van der Waals surface area contributed by atoms with Crippen molar-refractivity contribution in [3.63, 3.8) is 0 Å². The maximum absolute atomic E-state index is 11.2. The Morgan fingerprint density at radius 3 is 2.12 bits per heavy atom. The third-order valence-electron chi connectivity index (χ3n) is 3.88. The van der Waals surface area contributed by atoms with Crippen LogP contribution < -0.4 is 0 Å². The predicted molar refractivity (Wildman–Crippen MR) is 94.5 cm³/mol. The minimum atomic E-state index is -1.16. The molecule has 0 aromatic heterocycles. The van der Waals surface area contributed by atoms with E-state index in [0.717, 1.165) is 25.3 Å². The largest absolute Gasteiger partial charge is 0.478 e. The molecule has 0 bridgehead atoms. The van der Waals surface area contributed by atoms with Gasteiger partial charge in [-0.25, -0.2) is 9.59 Å². The highest BCUT2D eigenvalue weighted by Gasteiger charge is 2.12. The number of carbonyl (C=O) groups is 2. The maximum Gasteiger partial charge on any atom is 0.336 e. The van der Waals surface area contributed by atoms with Crippen LogP contribution in [0.15, 0.2) is 18.2 Å². The SMILES string of the molecule is CCCCCCCCCCC#Cc1ccc(C(=O)O)cc1C(=O)O. The van der Waals surface area contributed by atoms with Gasteiger partial charge in [-0.3, -0.25) is 0 Å². The van der Waals surface area contributed by atoms with Crippen molar-refractivity contribution < 1.29 is 19.8 Å². The molecule has 130 valence electrons. The van der Waals surface area contributed by atoms with Crippen molar-refractivity contribution in [2.45, 2.75) is 64.7 Å². The first kappa shape index (κ1) is 19.8. The molecule has 4 nitrogen and oxygen atoms in total. The lowest BCUT2D eigenvalue weighted by Gasteiger charge is -2.01. The third kappa shape index (κ3) is 7.32. The van der Waals surface area contributed by atoms with E-state index in [1.807, 2.05) is 0 Å². The first-order valence-electron chi connectivity index (χ1n) is 8.65. The minimum Gasteiger partial charge on any atom is -0.478 e. The van der Waals surface area contributed by atoms with Gasteiger partial charge in [-0.05, 0) is 24.6 Å². The first-order chi connectivity index (χ1) is 11.6. The molecule has 0 heterocycles. The lowest BCUT2D eigenvalue weighted by molar-refractivity contribution is 0.0695. The Morgan fingerprint density at radius 1 is 0.917 bits per heavy atom. The monoisotopic (exact) mass is 330 g/mol. The molecule has 0 fully saturated rings. The molecule has 0 saturated heterocycles. The van der Waals surface area contributed by atoms with Crippen LogP contribution in [0, 0.1) is 11.8 Å². The Morgan fingerprint density at radius 2 is 1.54 bits per heavy atom. The Hall–Kier alpha value is -2.28. The first-order valence-corrected chi connectivity index (χ1v) is 8.65. The molecule has 4 heteroatoms. The van der Waals surface area contributed by atoms with Crippen molar-refractivity contribution >= 4 is 11.9 Å². The van der Waals surface area contributed by atoms with E-state index < -0.39 is 11.9 Å². The molecule has 0 unspecified atom stereocenters. The van der Waals surface area contributed by atoms with Gasteiger partial charge in [0.2, 0.25) is 0 Å². The Balaban J connectivity index is 2.43. The Kier molecular flexibility index (Phi) is 9.29. The van der Waals surface area contributed by atoms with Gasteiger partial charge >= 0.3 is 11.9 Å². The predicted octanol–water partition coefficient (Wildman–Crippen LogP) is 4.97. The van der Waals surface area contributed by atoms with E-state index in [4.69, 9.17) is 5.11 Å². The molecule has 1 rings (SSSR count). The molecule has 0 aliphatic carbocycles. The quantitative estimate of drug-likeness (QED) is 0.469. The number of benzene rings is 1. The molecular formula is C20H26O4.